The average molecular weight is 361 g/mol. The summed E-state index contributed by atoms with van der Waals surface area (Å²) in [4.78, 5) is 19.0. The molecule has 1 amide bonds. The summed E-state index contributed by atoms with van der Waals surface area (Å²) < 4.78 is 5.57. The number of imidazole rings is 1. The lowest BCUT2D eigenvalue weighted by atomic mass is 10.2. The normalized spacial score (nSPS) is 10.6. The number of anilines is 2. The Bertz CT molecular complexity index is 843. The van der Waals surface area contributed by atoms with Gasteiger partial charge in [-0.1, -0.05) is 28.1 Å². The van der Waals surface area contributed by atoms with Gasteiger partial charge in [0.25, 0.3) is 0 Å². The largest absolute Gasteiger partial charge is 0.453 e. The number of hydrogen-bond donors (Lipinski definition) is 3. The SMILES string of the molecule is COC(=O)Nc1cc(N)c2nc(-c3ccc(Br)cc3)[nH]c2c1. The maximum atomic E-state index is 11.3. The lowest BCUT2D eigenvalue weighted by Crippen LogP contribution is -2.11. The van der Waals surface area contributed by atoms with E-state index >= 15 is 0 Å². The number of nitrogens with two attached hydrogens (primary N) is 1. The number of hydrogen-bond acceptors (Lipinski definition) is 4. The molecule has 0 unspecified atom stereocenters. The van der Waals surface area contributed by atoms with E-state index in [0.717, 1.165) is 15.6 Å². The summed E-state index contributed by atoms with van der Waals surface area (Å²) in [5.41, 5.74) is 9.37. The summed E-state index contributed by atoms with van der Waals surface area (Å²) in [5, 5.41) is 2.59. The Morgan fingerprint density at radius 2 is 2.05 bits per heavy atom. The summed E-state index contributed by atoms with van der Waals surface area (Å²) in [7, 11) is 1.30. The Hall–Kier alpha value is -2.54. The van der Waals surface area contributed by atoms with Gasteiger partial charge in [0.15, 0.2) is 0 Å². The molecular formula is C15H13BrN4O2. The first-order valence-corrected chi connectivity index (χ1v) is 7.26. The first kappa shape index (κ1) is 14.4. The third-order valence-electron chi connectivity index (χ3n) is 3.17. The summed E-state index contributed by atoms with van der Waals surface area (Å²) >= 11 is 3.40. The van der Waals surface area contributed by atoms with Crippen LogP contribution in [0.5, 0.6) is 0 Å². The van der Waals surface area contributed by atoms with Gasteiger partial charge in [-0.15, -0.1) is 0 Å². The van der Waals surface area contributed by atoms with Crippen LogP contribution in [-0.2, 0) is 4.74 Å². The van der Waals surface area contributed by atoms with Crippen LogP contribution in [0.4, 0.5) is 16.2 Å². The minimum absolute atomic E-state index is 0.475. The number of amides is 1. The van der Waals surface area contributed by atoms with Gasteiger partial charge >= 0.3 is 6.09 Å². The van der Waals surface area contributed by atoms with Crippen LogP contribution in [0.3, 0.4) is 0 Å². The molecule has 0 aliphatic heterocycles. The first-order chi connectivity index (χ1) is 10.6. The van der Waals surface area contributed by atoms with Crippen molar-refractivity contribution < 1.29 is 9.53 Å². The standard InChI is InChI=1S/C15H13BrN4O2/c1-22-15(21)18-10-6-11(17)13-12(7-10)19-14(20-13)8-2-4-9(16)5-3-8/h2-7H,17H2,1H3,(H,18,21)(H,19,20). The van der Waals surface area contributed by atoms with E-state index in [-0.39, 0.29) is 0 Å². The van der Waals surface area contributed by atoms with Gasteiger partial charge in [0.1, 0.15) is 11.3 Å². The van der Waals surface area contributed by atoms with Gasteiger partial charge in [0, 0.05) is 15.7 Å². The number of halogens is 1. The van der Waals surface area contributed by atoms with Crippen molar-refractivity contribution in [3.05, 3.63) is 40.9 Å². The zero-order valence-corrected chi connectivity index (χ0v) is 13.3. The first-order valence-electron chi connectivity index (χ1n) is 6.47. The number of ether oxygens (including phenoxy) is 1. The number of nitrogen functional groups attached to an aromatic ring is 1. The van der Waals surface area contributed by atoms with E-state index in [4.69, 9.17) is 5.73 Å². The van der Waals surface area contributed by atoms with Gasteiger partial charge in [0.2, 0.25) is 0 Å². The number of carbonyl (C=O) groups excluding carboxylic acids is 1. The minimum Gasteiger partial charge on any atom is -0.453 e. The van der Waals surface area contributed by atoms with Crippen molar-refractivity contribution in [2.45, 2.75) is 0 Å². The Morgan fingerprint density at radius 1 is 1.32 bits per heavy atom. The molecule has 4 N–H and O–H groups in total. The van der Waals surface area contributed by atoms with Gasteiger partial charge < -0.3 is 15.5 Å². The van der Waals surface area contributed by atoms with Crippen LogP contribution in [0.1, 0.15) is 0 Å². The third-order valence-corrected chi connectivity index (χ3v) is 3.69. The third kappa shape index (κ3) is 2.75. The molecule has 112 valence electrons. The number of aromatic nitrogens is 2. The molecular weight excluding hydrogens is 348 g/mol. The van der Waals surface area contributed by atoms with Gasteiger partial charge in [-0.2, -0.15) is 0 Å². The maximum Gasteiger partial charge on any atom is 0.411 e. The number of nitrogens with zero attached hydrogens (tertiary/aromatic N) is 1. The number of methoxy groups -OCH3 is 1. The minimum atomic E-state index is -0.550. The Morgan fingerprint density at radius 3 is 2.73 bits per heavy atom. The van der Waals surface area contributed by atoms with E-state index in [1.54, 1.807) is 12.1 Å². The second kappa shape index (κ2) is 5.69. The highest BCUT2D eigenvalue weighted by molar-refractivity contribution is 9.10. The maximum absolute atomic E-state index is 11.3. The van der Waals surface area contributed by atoms with Crippen molar-refractivity contribution in [3.63, 3.8) is 0 Å². The summed E-state index contributed by atoms with van der Waals surface area (Å²) in [5.74, 6) is 0.712. The quantitative estimate of drug-likeness (QED) is 0.606. The highest BCUT2D eigenvalue weighted by atomic mass is 79.9. The van der Waals surface area contributed by atoms with Gasteiger partial charge in [-0.05, 0) is 24.3 Å². The molecule has 0 saturated heterocycles. The molecule has 0 fully saturated rings. The number of benzene rings is 2. The van der Waals surface area contributed by atoms with Crippen molar-refractivity contribution >= 4 is 44.4 Å². The van der Waals surface area contributed by atoms with Crippen LogP contribution in [0.25, 0.3) is 22.4 Å². The fourth-order valence-corrected chi connectivity index (χ4v) is 2.39. The second-order valence-corrected chi connectivity index (χ2v) is 5.59. The molecule has 0 saturated carbocycles. The Labute approximate surface area is 134 Å². The molecule has 1 aromatic heterocycles. The predicted octanol–water partition coefficient (Wildman–Crippen LogP) is 3.75. The van der Waals surface area contributed by atoms with E-state index in [1.807, 2.05) is 24.3 Å². The van der Waals surface area contributed by atoms with E-state index in [9.17, 15) is 4.79 Å². The van der Waals surface area contributed by atoms with Gasteiger partial charge in [0.05, 0.1) is 18.3 Å². The molecule has 0 radical (unpaired) electrons. The molecule has 0 aliphatic carbocycles. The van der Waals surface area contributed by atoms with E-state index in [2.05, 4.69) is 36.0 Å². The molecule has 0 aliphatic rings. The molecule has 0 bridgehead atoms. The molecule has 0 atom stereocenters. The number of carbonyl (C=O) groups is 1. The fraction of sp³-hybridized carbons (Fsp3) is 0.0667. The zero-order valence-electron chi connectivity index (χ0n) is 11.7. The molecule has 22 heavy (non-hydrogen) atoms. The van der Waals surface area contributed by atoms with Crippen LogP contribution >= 0.6 is 15.9 Å². The molecule has 7 heteroatoms. The molecule has 0 spiro atoms. The highest BCUT2D eigenvalue weighted by Crippen LogP contribution is 2.28. The number of H-pyrrole nitrogens is 1. The average Bonchev–Trinajstić information content (AvgIpc) is 2.92. The lowest BCUT2D eigenvalue weighted by molar-refractivity contribution is 0.187. The van der Waals surface area contributed by atoms with Crippen LogP contribution in [-0.4, -0.2) is 23.2 Å². The molecule has 3 rings (SSSR count). The van der Waals surface area contributed by atoms with E-state index < -0.39 is 6.09 Å². The molecule has 1 heterocycles. The topological polar surface area (TPSA) is 93.0 Å². The molecule has 6 nitrogen and oxygen atoms in total. The van der Waals surface area contributed by atoms with Crippen LogP contribution in [0, 0.1) is 0 Å². The van der Waals surface area contributed by atoms with Crippen molar-refractivity contribution in [1.29, 1.82) is 0 Å². The number of fused-ring (bicyclic) bond motifs is 1. The zero-order chi connectivity index (χ0) is 15.7. The van der Waals surface area contributed by atoms with Crippen LogP contribution < -0.4 is 11.1 Å². The smallest absolute Gasteiger partial charge is 0.411 e. The highest BCUT2D eigenvalue weighted by Gasteiger charge is 2.11. The molecule has 3 aromatic rings. The Kier molecular flexibility index (Phi) is 3.72. The van der Waals surface area contributed by atoms with Crippen molar-refractivity contribution in [2.75, 3.05) is 18.2 Å². The second-order valence-electron chi connectivity index (χ2n) is 4.67. The van der Waals surface area contributed by atoms with Crippen LogP contribution in [0.2, 0.25) is 0 Å². The predicted molar refractivity (Wildman–Crippen MR) is 89.7 cm³/mol. The van der Waals surface area contributed by atoms with E-state index in [1.165, 1.54) is 7.11 Å². The van der Waals surface area contributed by atoms with Gasteiger partial charge in [-0.25, -0.2) is 9.78 Å². The van der Waals surface area contributed by atoms with Crippen molar-refractivity contribution in [3.8, 4) is 11.4 Å². The summed E-state index contributed by atoms with van der Waals surface area (Å²) in [6.45, 7) is 0. The fourth-order valence-electron chi connectivity index (χ4n) is 2.13. The Balaban J connectivity index is 2.03. The number of nitrogens with one attached hydrogen (secondary N) is 2. The van der Waals surface area contributed by atoms with Crippen molar-refractivity contribution in [1.82, 2.24) is 9.97 Å². The van der Waals surface area contributed by atoms with Gasteiger partial charge in [-0.3, -0.25) is 5.32 Å². The lowest BCUT2D eigenvalue weighted by Gasteiger charge is -2.04. The summed E-state index contributed by atoms with van der Waals surface area (Å²) in [6, 6.07) is 11.2. The van der Waals surface area contributed by atoms with E-state index in [0.29, 0.717) is 22.7 Å². The van der Waals surface area contributed by atoms with Crippen molar-refractivity contribution in [2.24, 2.45) is 0 Å². The monoisotopic (exact) mass is 360 g/mol. The molecule has 2 aromatic carbocycles. The number of aromatic amines is 1. The number of rotatable bonds is 2. The van der Waals surface area contributed by atoms with Crippen LogP contribution in [0.15, 0.2) is 40.9 Å². The summed E-state index contributed by atoms with van der Waals surface area (Å²) in [6.07, 6.45) is -0.550.